The highest BCUT2D eigenvalue weighted by Crippen LogP contribution is 2.60. The van der Waals surface area contributed by atoms with Crippen LogP contribution in [-0.4, -0.2) is 6.71 Å². The van der Waals surface area contributed by atoms with Gasteiger partial charge >= 0.3 is 0 Å². The molecular formula is C104H85BN2. The molecule has 2 nitrogen and oxygen atoms in total. The van der Waals surface area contributed by atoms with Crippen LogP contribution in [0.1, 0.15) is 124 Å². The van der Waals surface area contributed by atoms with E-state index in [4.69, 9.17) is 0 Å². The number of fused-ring (bicyclic) bond motifs is 10. The lowest BCUT2D eigenvalue weighted by molar-refractivity contribution is 0.590. The van der Waals surface area contributed by atoms with Crippen LogP contribution in [0.4, 0.5) is 34.1 Å². The number of anilines is 6. The predicted molar refractivity (Wildman–Crippen MR) is 453 cm³/mol. The number of hydrogen-bond donors (Lipinski definition) is 0. The van der Waals surface area contributed by atoms with Gasteiger partial charge in [0.2, 0.25) is 0 Å². The molecule has 0 radical (unpaired) electrons. The fourth-order valence-corrected chi connectivity index (χ4v) is 18.7. The van der Waals surface area contributed by atoms with E-state index in [-0.39, 0.29) is 23.0 Å². The van der Waals surface area contributed by atoms with E-state index in [0.29, 0.717) is 0 Å². The summed E-state index contributed by atoms with van der Waals surface area (Å²) in [7, 11) is 0. The van der Waals surface area contributed by atoms with Crippen LogP contribution in [0.25, 0.3) is 66.8 Å². The van der Waals surface area contributed by atoms with Crippen LogP contribution in [-0.2, 0) is 27.1 Å². The Bertz CT molecular complexity index is 5560. The Labute approximate surface area is 632 Å². The first kappa shape index (κ1) is 65.7. The molecule has 4 aliphatic rings. The average Bonchev–Trinajstić information content (AvgIpc) is 1.51. The molecule has 107 heavy (non-hydrogen) atoms. The van der Waals surface area contributed by atoms with Gasteiger partial charge in [-0.15, -0.1) is 0 Å². The maximum atomic E-state index is 2.69. The molecular weight excluding hydrogens is 1290 g/mol. The Morgan fingerprint density at radius 2 is 0.523 bits per heavy atom. The van der Waals surface area contributed by atoms with E-state index in [2.05, 4.69) is 424 Å². The molecule has 0 saturated heterocycles. The van der Waals surface area contributed by atoms with Gasteiger partial charge in [0, 0.05) is 33.9 Å². The van der Waals surface area contributed by atoms with E-state index >= 15 is 0 Å². The zero-order valence-corrected chi connectivity index (χ0v) is 62.5. The maximum absolute atomic E-state index is 2.69. The van der Waals surface area contributed by atoms with Crippen molar-refractivity contribution in [2.45, 2.75) is 89.4 Å². The summed E-state index contributed by atoms with van der Waals surface area (Å²) in [6, 6.07) is 135. The second-order valence-corrected chi connectivity index (χ2v) is 33.1. The van der Waals surface area contributed by atoms with E-state index in [1.165, 1.54) is 167 Å². The Hall–Kier alpha value is -12.0. The van der Waals surface area contributed by atoms with Crippen LogP contribution in [0, 0.1) is 0 Å². The molecule has 2 aliphatic carbocycles. The number of hydrogen-bond acceptors (Lipinski definition) is 2. The van der Waals surface area contributed by atoms with Gasteiger partial charge in [-0.3, -0.25) is 0 Å². The Balaban J connectivity index is 0.910. The highest BCUT2D eigenvalue weighted by Gasteiger charge is 2.50. The summed E-state index contributed by atoms with van der Waals surface area (Å²) < 4.78 is 0. The fraction of sp³-hybridized carbons (Fsp3) is 0.135. The first-order valence-electron chi connectivity index (χ1n) is 38.2. The van der Waals surface area contributed by atoms with Gasteiger partial charge in [-0.25, -0.2) is 0 Å². The van der Waals surface area contributed by atoms with Crippen molar-refractivity contribution < 1.29 is 0 Å². The van der Waals surface area contributed by atoms with E-state index in [0.717, 1.165) is 11.4 Å². The van der Waals surface area contributed by atoms with Crippen molar-refractivity contribution in [3.05, 3.63) is 413 Å². The van der Waals surface area contributed by atoms with E-state index in [1.807, 2.05) is 0 Å². The van der Waals surface area contributed by atoms with Gasteiger partial charge in [0.1, 0.15) is 0 Å². The van der Waals surface area contributed by atoms with Crippen molar-refractivity contribution in [2.75, 3.05) is 9.80 Å². The molecule has 0 aromatic heterocycles. The number of nitrogens with zero attached hydrogens (tertiary/aromatic N) is 2. The van der Waals surface area contributed by atoms with Crippen LogP contribution in [0.2, 0.25) is 0 Å². The zero-order valence-electron chi connectivity index (χ0n) is 62.5. The minimum absolute atomic E-state index is 0.173. The third-order valence-corrected chi connectivity index (χ3v) is 23.9. The molecule has 2 heterocycles. The van der Waals surface area contributed by atoms with Gasteiger partial charge < -0.3 is 9.80 Å². The molecule has 2 aliphatic heterocycles. The third kappa shape index (κ3) is 10.3. The number of benzene rings is 15. The summed E-state index contributed by atoms with van der Waals surface area (Å²) in [6.45, 7) is 21.2. The summed E-state index contributed by atoms with van der Waals surface area (Å²) in [6.07, 6.45) is 0. The normalized spacial score (nSPS) is 14.1. The molecule has 0 saturated carbocycles. The topological polar surface area (TPSA) is 6.48 Å². The predicted octanol–water partition coefficient (Wildman–Crippen LogP) is 25.1. The monoisotopic (exact) mass is 1370 g/mol. The first-order valence-corrected chi connectivity index (χ1v) is 38.2. The summed E-state index contributed by atoms with van der Waals surface area (Å²) in [5, 5.41) is 0. The lowest BCUT2D eigenvalue weighted by Gasteiger charge is -2.46. The summed E-state index contributed by atoms with van der Waals surface area (Å²) >= 11 is 0. The van der Waals surface area contributed by atoms with Crippen molar-refractivity contribution in [2.24, 2.45) is 0 Å². The second kappa shape index (κ2) is 24.8. The average molecular weight is 1370 g/mol. The SMILES string of the molecule is CC(C)(C)c1ccc(N2c3ccc(-c4ccccc4)cc3B3c4cc(-c5ccccc5)ccc4N(c4ccc(C(C)(C)C)cc4-c4ccc5c(c4)C(c4ccccc4)(c4ccccc4)c4ccccc4-5)c4cc(C(C)(C)C)cc2c43)c(-c2ccc3c(c2)C(c2ccccc2)(c2ccccc2)c2ccccc2-3)c1. The summed E-state index contributed by atoms with van der Waals surface area (Å²) in [5.41, 5.74) is 37.4. The molecule has 0 amide bonds. The molecule has 19 rings (SSSR count). The van der Waals surface area contributed by atoms with Crippen LogP contribution in [0.15, 0.2) is 352 Å². The van der Waals surface area contributed by atoms with Gasteiger partial charge in [0.05, 0.1) is 22.2 Å². The van der Waals surface area contributed by atoms with Crippen LogP contribution < -0.4 is 26.2 Å². The second-order valence-electron chi connectivity index (χ2n) is 33.1. The van der Waals surface area contributed by atoms with Crippen LogP contribution >= 0.6 is 0 Å². The maximum Gasteiger partial charge on any atom is 0.252 e. The minimum atomic E-state index is -0.595. The summed E-state index contributed by atoms with van der Waals surface area (Å²) in [4.78, 5) is 5.39. The standard InChI is InChI=1S/C104H85BN2/c1-100(2,3)78-52-58-93(85(64-78)72-48-54-83-81-44-28-30-46-87(81)103(89(83)60-72,74-36-20-12-21-37-74)75-38-22-13-23-39-75)106-95-56-50-70(68-32-16-10-17-33-68)62-91(95)105-92-63-71(69-34-18-11-19-35-69)51-57-96(92)107(98-67-80(102(7,8)9)66-97(106)99(98)105)94-59-53-79(101(4,5)6)65-86(94)73-49-55-84-82-45-29-31-47-88(82)104(90(84)61-73,76-40-24-14-25-41-76)77-42-26-15-27-43-77/h10-67H,1-9H3. The highest BCUT2D eigenvalue weighted by atomic mass is 15.2. The Morgan fingerprint density at radius 3 is 0.879 bits per heavy atom. The Kier molecular flexibility index (Phi) is 15.2. The van der Waals surface area contributed by atoms with Crippen LogP contribution in [0.5, 0.6) is 0 Å². The molecule has 0 fully saturated rings. The van der Waals surface area contributed by atoms with E-state index < -0.39 is 10.8 Å². The molecule has 0 atom stereocenters. The van der Waals surface area contributed by atoms with Crippen molar-refractivity contribution >= 4 is 57.2 Å². The van der Waals surface area contributed by atoms with Crippen molar-refractivity contribution in [1.82, 2.24) is 0 Å². The quantitative estimate of drug-likeness (QED) is 0.126. The molecule has 3 heteroatoms. The molecule has 15 aromatic rings. The third-order valence-electron chi connectivity index (χ3n) is 23.9. The van der Waals surface area contributed by atoms with Crippen molar-refractivity contribution in [3.63, 3.8) is 0 Å². The van der Waals surface area contributed by atoms with Gasteiger partial charge in [-0.2, -0.15) is 0 Å². The molecule has 0 spiro atoms. The molecule has 0 bridgehead atoms. The molecule has 0 unspecified atom stereocenters. The smallest absolute Gasteiger partial charge is 0.252 e. The lowest BCUT2D eigenvalue weighted by Crippen LogP contribution is -2.61. The lowest BCUT2D eigenvalue weighted by atomic mass is 9.33. The first-order chi connectivity index (χ1) is 52.0. The van der Waals surface area contributed by atoms with Crippen molar-refractivity contribution in [3.8, 4) is 66.8 Å². The molecule has 0 N–H and O–H groups in total. The zero-order chi connectivity index (χ0) is 72.7. The van der Waals surface area contributed by atoms with Crippen LogP contribution in [0.3, 0.4) is 0 Å². The molecule has 15 aromatic carbocycles. The minimum Gasteiger partial charge on any atom is -0.311 e. The van der Waals surface area contributed by atoms with E-state index in [9.17, 15) is 0 Å². The van der Waals surface area contributed by atoms with Gasteiger partial charge in [0.15, 0.2) is 0 Å². The van der Waals surface area contributed by atoms with Gasteiger partial charge in [-0.1, -0.05) is 353 Å². The van der Waals surface area contributed by atoms with Crippen molar-refractivity contribution in [1.29, 1.82) is 0 Å². The fourth-order valence-electron chi connectivity index (χ4n) is 18.7. The Morgan fingerprint density at radius 1 is 0.215 bits per heavy atom. The summed E-state index contributed by atoms with van der Waals surface area (Å²) in [5.74, 6) is 0. The largest absolute Gasteiger partial charge is 0.311 e. The number of rotatable bonds is 10. The van der Waals surface area contributed by atoms with Gasteiger partial charge in [-0.05, 0) is 210 Å². The highest BCUT2D eigenvalue weighted by molar-refractivity contribution is 7.00. The molecule has 514 valence electrons. The van der Waals surface area contributed by atoms with E-state index in [1.54, 1.807) is 0 Å². The van der Waals surface area contributed by atoms with Gasteiger partial charge in [0.25, 0.3) is 6.71 Å².